The fourth-order valence-electron chi connectivity index (χ4n) is 7.79. The van der Waals surface area contributed by atoms with Gasteiger partial charge in [0, 0.05) is 34.1 Å². The second kappa shape index (κ2) is 13.4. The van der Waals surface area contributed by atoms with Gasteiger partial charge in [-0.15, -0.1) is 0 Å². The molecular weight excluding hydrogens is 655 g/mol. The van der Waals surface area contributed by atoms with Crippen LogP contribution in [0.3, 0.4) is 0 Å². The summed E-state index contributed by atoms with van der Waals surface area (Å²) in [4.78, 5) is 2.35. The summed E-state index contributed by atoms with van der Waals surface area (Å²) in [5, 5.41) is 2.33. The van der Waals surface area contributed by atoms with Crippen molar-refractivity contribution in [2.75, 3.05) is 4.90 Å². The van der Waals surface area contributed by atoms with E-state index in [4.69, 9.17) is 4.74 Å². The van der Waals surface area contributed by atoms with Crippen LogP contribution in [0, 0.1) is 0 Å². The van der Waals surface area contributed by atoms with E-state index in [1.165, 1.54) is 27.6 Å². The molecule has 9 aromatic rings. The Hall–Kier alpha value is -7.16. The zero-order chi connectivity index (χ0) is 35.8. The maximum Gasteiger partial charge on any atom is 0.137 e. The van der Waals surface area contributed by atoms with Crippen LogP contribution < -0.4 is 9.64 Å². The molecule has 0 bridgehead atoms. The maximum atomic E-state index is 7.07. The number of ether oxygens (including phenoxy) is 1. The molecule has 254 valence electrons. The molecule has 0 radical (unpaired) electrons. The Kier molecular flexibility index (Phi) is 7.85. The third kappa shape index (κ3) is 5.71. The maximum absolute atomic E-state index is 7.07. The minimum Gasteiger partial charge on any atom is -0.456 e. The molecular formula is C52H35NO. The van der Waals surface area contributed by atoms with Crippen molar-refractivity contribution in [2.24, 2.45) is 0 Å². The highest BCUT2D eigenvalue weighted by molar-refractivity contribution is 5.99. The van der Waals surface area contributed by atoms with Crippen LogP contribution in [0.5, 0.6) is 11.5 Å². The monoisotopic (exact) mass is 689 g/mol. The van der Waals surface area contributed by atoms with Gasteiger partial charge in [-0.2, -0.15) is 0 Å². The minimum absolute atomic E-state index is 0.818. The van der Waals surface area contributed by atoms with Crippen LogP contribution in [-0.4, -0.2) is 0 Å². The average molecular weight is 690 g/mol. The van der Waals surface area contributed by atoms with E-state index in [0.29, 0.717) is 0 Å². The molecule has 2 heteroatoms. The zero-order valence-corrected chi connectivity index (χ0v) is 29.6. The Labute approximate surface area is 315 Å². The molecule has 0 unspecified atom stereocenters. The van der Waals surface area contributed by atoms with Gasteiger partial charge in [-0.3, -0.25) is 0 Å². The lowest BCUT2D eigenvalue weighted by atomic mass is 9.90. The van der Waals surface area contributed by atoms with Crippen LogP contribution in [0.1, 0.15) is 0 Å². The first-order valence-corrected chi connectivity index (χ1v) is 18.4. The Morgan fingerprint density at radius 1 is 0.278 bits per heavy atom. The molecule has 54 heavy (non-hydrogen) atoms. The van der Waals surface area contributed by atoms with E-state index in [0.717, 1.165) is 67.3 Å². The number of rotatable bonds is 6. The lowest BCUT2D eigenvalue weighted by Crippen LogP contribution is -2.11. The molecule has 0 amide bonds. The van der Waals surface area contributed by atoms with Crippen molar-refractivity contribution in [3.8, 4) is 67.1 Å². The molecule has 1 aliphatic rings. The lowest BCUT2D eigenvalue weighted by molar-refractivity contribution is 0.488. The summed E-state index contributed by atoms with van der Waals surface area (Å²) in [6.45, 7) is 0. The largest absolute Gasteiger partial charge is 0.456 e. The number of benzene rings is 9. The van der Waals surface area contributed by atoms with E-state index >= 15 is 0 Å². The molecule has 0 fully saturated rings. The summed E-state index contributed by atoms with van der Waals surface area (Å²) in [6.07, 6.45) is 0. The van der Waals surface area contributed by atoms with Crippen LogP contribution in [0.2, 0.25) is 0 Å². The molecule has 1 aliphatic heterocycles. The van der Waals surface area contributed by atoms with Gasteiger partial charge in [-0.05, 0) is 98.2 Å². The molecule has 9 aromatic carbocycles. The molecule has 0 spiro atoms. The highest BCUT2D eigenvalue weighted by Crippen LogP contribution is 2.51. The van der Waals surface area contributed by atoms with Crippen LogP contribution >= 0.6 is 0 Å². The van der Waals surface area contributed by atoms with Gasteiger partial charge in [0.1, 0.15) is 11.5 Å². The number of hydrogen-bond donors (Lipinski definition) is 0. The quantitative estimate of drug-likeness (QED) is 0.172. The van der Waals surface area contributed by atoms with Crippen LogP contribution in [0.25, 0.3) is 66.4 Å². The second-order valence-electron chi connectivity index (χ2n) is 13.7. The van der Waals surface area contributed by atoms with Gasteiger partial charge in [0.2, 0.25) is 0 Å². The standard InChI is InChI=1S/C52H35NO/c1-4-14-36(15-5-1)38-24-27-43(28-25-38)53(50-23-13-12-22-45(50)39-18-8-3-9-19-39)44-29-31-47-46-30-26-42(37-16-6-2-7-17-37)32-48(46)49-33-40-20-10-11-21-41(40)34-51(49)54-52(47)35-44/h1-35H. The van der Waals surface area contributed by atoms with Crippen molar-refractivity contribution in [1.82, 2.24) is 0 Å². The van der Waals surface area contributed by atoms with Gasteiger partial charge in [-0.25, -0.2) is 0 Å². The highest BCUT2D eigenvalue weighted by Gasteiger charge is 2.25. The Morgan fingerprint density at radius 2 is 0.796 bits per heavy atom. The topological polar surface area (TPSA) is 12.5 Å². The fraction of sp³-hybridized carbons (Fsp3) is 0. The van der Waals surface area contributed by atoms with E-state index in [-0.39, 0.29) is 0 Å². The van der Waals surface area contributed by atoms with Gasteiger partial charge in [-0.1, -0.05) is 158 Å². The van der Waals surface area contributed by atoms with Gasteiger partial charge < -0.3 is 9.64 Å². The number of nitrogens with zero attached hydrogens (tertiary/aromatic N) is 1. The predicted octanol–water partition coefficient (Wildman–Crippen LogP) is 14.8. The summed E-state index contributed by atoms with van der Waals surface area (Å²) in [6, 6.07) is 75.8. The highest BCUT2D eigenvalue weighted by atomic mass is 16.5. The van der Waals surface area contributed by atoms with E-state index < -0.39 is 0 Å². The lowest BCUT2D eigenvalue weighted by Gasteiger charge is -2.29. The molecule has 0 aromatic heterocycles. The fourth-order valence-corrected chi connectivity index (χ4v) is 7.79. The van der Waals surface area contributed by atoms with Crippen molar-refractivity contribution in [3.63, 3.8) is 0 Å². The van der Waals surface area contributed by atoms with E-state index in [1.807, 2.05) is 0 Å². The Bertz CT molecular complexity index is 2770. The molecule has 0 atom stereocenters. The van der Waals surface area contributed by atoms with E-state index in [9.17, 15) is 0 Å². The SMILES string of the molecule is c1ccc(-c2ccc(N(c3ccc4c(c3)Oc3cc5ccccc5cc3-c3cc(-c5ccccc5)ccc3-4)c3ccccc3-c3ccccc3)cc2)cc1. The summed E-state index contributed by atoms with van der Waals surface area (Å²) >= 11 is 0. The van der Waals surface area contributed by atoms with Crippen LogP contribution in [0.15, 0.2) is 212 Å². The second-order valence-corrected chi connectivity index (χ2v) is 13.7. The molecule has 0 aliphatic carbocycles. The van der Waals surface area contributed by atoms with Crippen molar-refractivity contribution in [1.29, 1.82) is 0 Å². The van der Waals surface area contributed by atoms with Gasteiger partial charge in [0.25, 0.3) is 0 Å². The summed E-state index contributed by atoms with van der Waals surface area (Å²) in [5.41, 5.74) is 14.7. The van der Waals surface area contributed by atoms with Gasteiger partial charge in [0.05, 0.1) is 5.69 Å². The smallest absolute Gasteiger partial charge is 0.137 e. The zero-order valence-electron chi connectivity index (χ0n) is 29.6. The summed E-state index contributed by atoms with van der Waals surface area (Å²) in [7, 11) is 0. The molecule has 2 nitrogen and oxygen atoms in total. The number of fused-ring (bicyclic) bond motifs is 6. The number of para-hydroxylation sites is 1. The average Bonchev–Trinajstić information content (AvgIpc) is 3.37. The third-order valence-corrected chi connectivity index (χ3v) is 10.5. The first-order chi connectivity index (χ1) is 26.8. The molecule has 10 rings (SSSR count). The molecule has 0 saturated carbocycles. The van der Waals surface area contributed by atoms with E-state index in [1.54, 1.807) is 0 Å². The molecule has 0 N–H and O–H groups in total. The minimum atomic E-state index is 0.818. The number of anilines is 3. The Morgan fingerprint density at radius 3 is 1.52 bits per heavy atom. The molecule has 0 saturated heterocycles. The van der Waals surface area contributed by atoms with Gasteiger partial charge >= 0.3 is 0 Å². The van der Waals surface area contributed by atoms with E-state index in [2.05, 4.69) is 217 Å². The number of hydrogen-bond acceptors (Lipinski definition) is 2. The van der Waals surface area contributed by atoms with Crippen molar-refractivity contribution in [2.45, 2.75) is 0 Å². The van der Waals surface area contributed by atoms with Crippen molar-refractivity contribution >= 4 is 27.8 Å². The van der Waals surface area contributed by atoms with Crippen molar-refractivity contribution in [3.05, 3.63) is 212 Å². The third-order valence-electron chi connectivity index (χ3n) is 10.5. The normalized spacial score (nSPS) is 11.5. The van der Waals surface area contributed by atoms with Crippen molar-refractivity contribution < 1.29 is 4.74 Å². The molecule has 1 heterocycles. The van der Waals surface area contributed by atoms with Crippen LogP contribution in [0.4, 0.5) is 17.1 Å². The first kappa shape index (κ1) is 31.6. The Balaban J connectivity index is 1.17. The summed E-state index contributed by atoms with van der Waals surface area (Å²) < 4.78 is 7.07. The first-order valence-electron chi connectivity index (χ1n) is 18.4. The van der Waals surface area contributed by atoms with Crippen LogP contribution in [-0.2, 0) is 0 Å². The predicted molar refractivity (Wildman–Crippen MR) is 226 cm³/mol. The summed E-state index contributed by atoms with van der Waals surface area (Å²) in [5.74, 6) is 1.66. The van der Waals surface area contributed by atoms with Gasteiger partial charge in [0.15, 0.2) is 0 Å².